The number of para-hydroxylation sites is 1. The molecule has 2 aliphatic heterocycles. The third-order valence-corrected chi connectivity index (χ3v) is 6.46. The van der Waals surface area contributed by atoms with E-state index in [2.05, 4.69) is 17.9 Å². The van der Waals surface area contributed by atoms with Crippen molar-refractivity contribution >= 4 is 5.91 Å². The highest BCUT2D eigenvalue weighted by Crippen LogP contribution is 2.41. The van der Waals surface area contributed by atoms with E-state index in [0.717, 1.165) is 69.2 Å². The molecule has 3 atom stereocenters. The molecule has 5 nitrogen and oxygen atoms in total. The number of piperidine rings is 1. The van der Waals surface area contributed by atoms with Crippen LogP contribution < -0.4 is 4.74 Å². The molecule has 2 saturated heterocycles. The van der Waals surface area contributed by atoms with Crippen molar-refractivity contribution < 1.29 is 14.6 Å². The lowest BCUT2D eigenvalue weighted by Gasteiger charge is -2.35. The number of nitrogens with zero attached hydrogens (tertiary/aromatic N) is 2. The Hall–Kier alpha value is -1.59. The fourth-order valence-electron chi connectivity index (χ4n) is 4.60. The highest BCUT2D eigenvalue weighted by Gasteiger charge is 2.46. The molecule has 1 saturated carbocycles. The van der Waals surface area contributed by atoms with Crippen molar-refractivity contribution in [1.82, 2.24) is 9.80 Å². The summed E-state index contributed by atoms with van der Waals surface area (Å²) < 4.78 is 5.91. The van der Waals surface area contributed by atoms with Crippen LogP contribution >= 0.6 is 0 Å². The molecule has 3 aliphatic rings. The highest BCUT2D eigenvalue weighted by molar-refractivity contribution is 5.77. The van der Waals surface area contributed by atoms with Gasteiger partial charge in [0.2, 0.25) is 0 Å². The van der Waals surface area contributed by atoms with Crippen LogP contribution in [-0.4, -0.2) is 59.7 Å². The van der Waals surface area contributed by atoms with Crippen LogP contribution in [0.2, 0.25) is 0 Å². The predicted octanol–water partition coefficient (Wildman–Crippen LogP) is 2.14. The smallest absolute Gasteiger partial charge is 0.260 e. The topological polar surface area (TPSA) is 53.0 Å². The zero-order valence-corrected chi connectivity index (χ0v) is 15.6. The summed E-state index contributed by atoms with van der Waals surface area (Å²) in [6, 6.07) is 8.03. The average Bonchev–Trinajstić information content (AvgIpc) is 2.97. The van der Waals surface area contributed by atoms with E-state index in [1.165, 1.54) is 0 Å². The van der Waals surface area contributed by atoms with Crippen molar-refractivity contribution in [2.75, 3.05) is 32.8 Å². The average molecular weight is 358 g/mol. The van der Waals surface area contributed by atoms with Crippen LogP contribution in [0, 0.1) is 17.8 Å². The van der Waals surface area contributed by atoms with E-state index in [0.29, 0.717) is 11.8 Å². The minimum absolute atomic E-state index is 0.0917. The molecule has 3 fully saturated rings. The summed E-state index contributed by atoms with van der Waals surface area (Å²) in [4.78, 5) is 16.8. The third-order valence-electron chi connectivity index (χ3n) is 6.46. The van der Waals surface area contributed by atoms with Gasteiger partial charge in [-0.05, 0) is 37.2 Å². The lowest BCUT2D eigenvalue weighted by Crippen LogP contribution is -2.40. The first-order valence-electron chi connectivity index (χ1n) is 9.99. The van der Waals surface area contributed by atoms with Gasteiger partial charge in [0.1, 0.15) is 5.75 Å². The van der Waals surface area contributed by atoms with E-state index in [4.69, 9.17) is 4.74 Å². The minimum atomic E-state index is -0.110. The van der Waals surface area contributed by atoms with Crippen molar-refractivity contribution in [2.45, 2.75) is 38.8 Å². The summed E-state index contributed by atoms with van der Waals surface area (Å²) in [7, 11) is 0. The molecule has 1 aliphatic carbocycles. The third kappa shape index (κ3) is 3.74. The number of likely N-dealkylation sites (tertiary alicyclic amines) is 2. The van der Waals surface area contributed by atoms with E-state index in [1.54, 1.807) is 0 Å². The lowest BCUT2D eigenvalue weighted by atomic mass is 9.74. The van der Waals surface area contributed by atoms with Gasteiger partial charge in [-0.15, -0.1) is 0 Å². The Kier molecular flexibility index (Phi) is 5.18. The summed E-state index contributed by atoms with van der Waals surface area (Å²) in [6.45, 7) is 6.92. The molecule has 0 aromatic heterocycles. The van der Waals surface area contributed by atoms with Crippen molar-refractivity contribution in [1.29, 1.82) is 0 Å². The summed E-state index contributed by atoms with van der Waals surface area (Å²) >= 11 is 0. The van der Waals surface area contributed by atoms with Crippen LogP contribution in [0.4, 0.5) is 0 Å². The number of ether oxygens (including phenoxy) is 1. The molecule has 4 rings (SSSR count). The number of aliphatic hydroxyl groups is 1. The van der Waals surface area contributed by atoms with Gasteiger partial charge in [0, 0.05) is 44.2 Å². The SMILES string of the molecule is CC1CCN(C(=O)COc2ccccc2CN2C[C@H]3C[C@@H](O)[C@H]3C2)CC1. The molecular weight excluding hydrogens is 328 g/mol. The van der Waals surface area contributed by atoms with E-state index in [-0.39, 0.29) is 18.6 Å². The van der Waals surface area contributed by atoms with E-state index >= 15 is 0 Å². The molecule has 0 bridgehead atoms. The molecule has 26 heavy (non-hydrogen) atoms. The van der Waals surface area contributed by atoms with Crippen molar-refractivity contribution in [2.24, 2.45) is 17.8 Å². The summed E-state index contributed by atoms with van der Waals surface area (Å²) in [5.74, 6) is 2.72. The summed E-state index contributed by atoms with van der Waals surface area (Å²) in [6.07, 6.45) is 3.01. The number of rotatable bonds is 5. The molecule has 1 aromatic rings. The Balaban J connectivity index is 1.32. The maximum Gasteiger partial charge on any atom is 0.260 e. The normalized spacial score (nSPS) is 29.3. The molecule has 0 radical (unpaired) electrons. The number of amides is 1. The number of carbonyl (C=O) groups excluding carboxylic acids is 1. The Bertz CT molecular complexity index is 642. The fourth-order valence-corrected chi connectivity index (χ4v) is 4.60. The molecular formula is C21H30N2O3. The Morgan fingerprint density at radius 2 is 2.00 bits per heavy atom. The highest BCUT2D eigenvalue weighted by atomic mass is 16.5. The van der Waals surface area contributed by atoms with Crippen LogP contribution in [0.5, 0.6) is 5.75 Å². The number of hydrogen-bond acceptors (Lipinski definition) is 4. The van der Waals surface area contributed by atoms with E-state index in [9.17, 15) is 9.90 Å². The first-order chi connectivity index (χ1) is 12.6. The zero-order chi connectivity index (χ0) is 18.1. The monoisotopic (exact) mass is 358 g/mol. The van der Waals surface area contributed by atoms with Crippen LogP contribution in [0.25, 0.3) is 0 Å². The van der Waals surface area contributed by atoms with Gasteiger partial charge < -0.3 is 14.7 Å². The molecule has 142 valence electrons. The Labute approximate surface area is 155 Å². The number of hydrogen-bond donors (Lipinski definition) is 1. The van der Waals surface area contributed by atoms with Crippen LogP contribution in [0.15, 0.2) is 24.3 Å². The lowest BCUT2D eigenvalue weighted by molar-refractivity contribution is -0.134. The van der Waals surface area contributed by atoms with Crippen LogP contribution in [0.1, 0.15) is 31.7 Å². The number of carbonyl (C=O) groups is 1. The zero-order valence-electron chi connectivity index (χ0n) is 15.6. The second-order valence-corrected chi connectivity index (χ2v) is 8.38. The number of fused-ring (bicyclic) bond motifs is 1. The predicted molar refractivity (Wildman–Crippen MR) is 99.8 cm³/mol. The van der Waals surface area contributed by atoms with Gasteiger partial charge in [-0.3, -0.25) is 9.69 Å². The van der Waals surface area contributed by atoms with Gasteiger partial charge in [0.05, 0.1) is 6.10 Å². The van der Waals surface area contributed by atoms with Crippen molar-refractivity contribution in [3.8, 4) is 5.75 Å². The molecule has 5 heteroatoms. The van der Waals surface area contributed by atoms with Gasteiger partial charge in [-0.25, -0.2) is 0 Å². The van der Waals surface area contributed by atoms with Crippen molar-refractivity contribution in [3.05, 3.63) is 29.8 Å². The largest absolute Gasteiger partial charge is 0.483 e. The molecule has 1 N–H and O–H groups in total. The maximum absolute atomic E-state index is 12.4. The minimum Gasteiger partial charge on any atom is -0.483 e. The summed E-state index contributed by atoms with van der Waals surface area (Å²) in [5.41, 5.74) is 1.13. The van der Waals surface area contributed by atoms with Gasteiger partial charge in [-0.2, -0.15) is 0 Å². The second kappa shape index (κ2) is 7.57. The summed E-state index contributed by atoms with van der Waals surface area (Å²) in [5, 5.41) is 9.85. The Morgan fingerprint density at radius 1 is 1.23 bits per heavy atom. The molecule has 1 aromatic carbocycles. The van der Waals surface area contributed by atoms with Gasteiger partial charge in [-0.1, -0.05) is 25.1 Å². The van der Waals surface area contributed by atoms with E-state index in [1.807, 2.05) is 23.1 Å². The quantitative estimate of drug-likeness (QED) is 0.876. The van der Waals surface area contributed by atoms with Gasteiger partial charge in [0.15, 0.2) is 6.61 Å². The molecule has 1 amide bonds. The van der Waals surface area contributed by atoms with Gasteiger partial charge in [0.25, 0.3) is 5.91 Å². The van der Waals surface area contributed by atoms with E-state index < -0.39 is 0 Å². The molecule has 0 unspecified atom stereocenters. The maximum atomic E-state index is 12.4. The molecule has 0 spiro atoms. The number of benzene rings is 1. The van der Waals surface area contributed by atoms with Gasteiger partial charge >= 0.3 is 0 Å². The standard InChI is InChI=1S/C21H30N2O3/c1-15-6-8-23(9-7-15)21(25)14-26-20-5-3-2-4-16(20)11-22-12-17-10-19(24)18(17)13-22/h2-5,15,17-19,24H,6-14H2,1H3/t17-,18+,19-/m1/s1. The van der Waals surface area contributed by atoms with Crippen LogP contribution in [0.3, 0.4) is 0 Å². The number of aliphatic hydroxyl groups excluding tert-OH is 1. The second-order valence-electron chi connectivity index (χ2n) is 8.38. The first kappa shape index (κ1) is 17.8. The molecule has 2 heterocycles. The van der Waals surface area contributed by atoms with Crippen molar-refractivity contribution in [3.63, 3.8) is 0 Å². The fraction of sp³-hybridized carbons (Fsp3) is 0.667. The van der Waals surface area contributed by atoms with Crippen LogP contribution in [-0.2, 0) is 11.3 Å². The Morgan fingerprint density at radius 3 is 2.73 bits per heavy atom. The first-order valence-corrected chi connectivity index (χ1v) is 9.99.